The van der Waals surface area contributed by atoms with Gasteiger partial charge in [0.05, 0.1) is 47.7 Å². The SMILES string of the molecule is CC[C@H]1CN2CCc3cc(OC)c(OC)cc3[C@@H]2C[C@@H]1C[C@@H]1c2cc(OC)c(OC)cc2CCN1C(=O)C1=C[C@H](c2ccsc2)C[C@H](OCc2ccc(CO)cc2)O1. The number of piperidine rings is 1. The Morgan fingerprint density at radius 3 is 2.14 bits per heavy atom. The van der Waals surface area contributed by atoms with E-state index in [4.69, 9.17) is 28.4 Å². The van der Waals surface area contributed by atoms with Crippen LogP contribution < -0.4 is 18.9 Å². The first-order valence-electron chi connectivity index (χ1n) is 20.6. The van der Waals surface area contributed by atoms with Gasteiger partial charge in [0, 0.05) is 38.0 Å². The Morgan fingerprint density at radius 1 is 0.828 bits per heavy atom. The summed E-state index contributed by atoms with van der Waals surface area (Å²) in [6, 6.07) is 18.4. The molecule has 4 aromatic rings. The number of thiophene rings is 1. The van der Waals surface area contributed by atoms with Gasteiger partial charge in [-0.05, 0) is 124 Å². The van der Waals surface area contributed by atoms with Crippen LogP contribution in [-0.2, 0) is 40.3 Å². The summed E-state index contributed by atoms with van der Waals surface area (Å²) in [6.45, 7) is 5.20. The lowest BCUT2D eigenvalue weighted by Crippen LogP contribution is -2.48. The van der Waals surface area contributed by atoms with E-state index < -0.39 is 6.29 Å². The first-order valence-corrected chi connectivity index (χ1v) is 21.5. The molecule has 8 rings (SSSR count). The van der Waals surface area contributed by atoms with Gasteiger partial charge in [-0.3, -0.25) is 9.69 Å². The Bertz CT molecular complexity index is 2080. The summed E-state index contributed by atoms with van der Waals surface area (Å²) in [4.78, 5) is 19.9. The van der Waals surface area contributed by atoms with E-state index in [0.717, 1.165) is 72.5 Å². The Labute approximate surface area is 346 Å². The number of fused-ring (bicyclic) bond motifs is 4. The second-order valence-corrected chi connectivity index (χ2v) is 16.8. The highest BCUT2D eigenvalue weighted by Crippen LogP contribution is 2.50. The fourth-order valence-corrected chi connectivity index (χ4v) is 10.5. The van der Waals surface area contributed by atoms with Crippen molar-refractivity contribution < 1.29 is 38.3 Å². The number of carbonyl (C=O) groups is 1. The number of allylic oxidation sites excluding steroid dienone is 1. The molecule has 1 aromatic heterocycles. The number of aliphatic hydroxyl groups excluding tert-OH is 1. The Balaban J connectivity index is 1.12. The van der Waals surface area contributed by atoms with Crippen molar-refractivity contribution >= 4 is 17.2 Å². The molecular formula is C47H56N2O8S. The van der Waals surface area contributed by atoms with Gasteiger partial charge in [0.1, 0.15) is 0 Å². The smallest absolute Gasteiger partial charge is 0.289 e. The molecule has 4 aliphatic rings. The van der Waals surface area contributed by atoms with Gasteiger partial charge >= 0.3 is 0 Å². The first kappa shape index (κ1) is 40.2. The summed E-state index contributed by atoms with van der Waals surface area (Å²) in [7, 11) is 6.75. The van der Waals surface area contributed by atoms with Crippen LogP contribution in [0.4, 0.5) is 0 Å². The van der Waals surface area contributed by atoms with Crippen LogP contribution in [0.5, 0.6) is 23.0 Å². The number of hydrogen-bond acceptors (Lipinski definition) is 10. The van der Waals surface area contributed by atoms with Crippen molar-refractivity contribution in [3.05, 3.63) is 116 Å². The highest BCUT2D eigenvalue weighted by molar-refractivity contribution is 7.08. The van der Waals surface area contributed by atoms with Crippen molar-refractivity contribution in [1.82, 2.24) is 9.80 Å². The molecule has 3 aromatic carbocycles. The Hall–Kier alpha value is -4.55. The van der Waals surface area contributed by atoms with Crippen molar-refractivity contribution in [3.8, 4) is 23.0 Å². The topological polar surface area (TPSA) is 99.2 Å². The highest BCUT2D eigenvalue weighted by Gasteiger charge is 2.43. The lowest BCUT2D eigenvalue weighted by molar-refractivity contribution is -0.158. The van der Waals surface area contributed by atoms with Crippen LogP contribution in [0.15, 0.2) is 77.2 Å². The second kappa shape index (κ2) is 17.7. The lowest BCUT2D eigenvalue weighted by Gasteiger charge is -2.49. The fraction of sp³-hybridized carbons (Fsp3) is 0.468. The van der Waals surface area contributed by atoms with E-state index in [1.807, 2.05) is 30.3 Å². The van der Waals surface area contributed by atoms with Crippen LogP contribution >= 0.6 is 11.3 Å². The zero-order valence-corrected chi connectivity index (χ0v) is 35.1. The minimum atomic E-state index is -0.609. The van der Waals surface area contributed by atoms with Gasteiger partial charge in [-0.2, -0.15) is 11.3 Å². The number of nitrogens with zero attached hydrogens (tertiary/aromatic N) is 2. The van der Waals surface area contributed by atoms with E-state index in [9.17, 15) is 5.11 Å². The molecule has 0 radical (unpaired) electrons. The third-order valence-electron chi connectivity index (χ3n) is 13.0. The number of methoxy groups -OCH3 is 4. The molecule has 11 heteroatoms. The maximum absolute atomic E-state index is 15.1. The molecule has 4 aliphatic heterocycles. The minimum Gasteiger partial charge on any atom is -0.493 e. The largest absolute Gasteiger partial charge is 0.493 e. The van der Waals surface area contributed by atoms with Crippen molar-refractivity contribution in [2.75, 3.05) is 48.1 Å². The van der Waals surface area contributed by atoms with E-state index >= 15 is 4.79 Å². The number of carbonyl (C=O) groups excluding carboxylic acids is 1. The van der Waals surface area contributed by atoms with Crippen LogP contribution in [0.25, 0.3) is 0 Å². The van der Waals surface area contributed by atoms with E-state index in [-0.39, 0.29) is 30.5 Å². The van der Waals surface area contributed by atoms with E-state index in [0.29, 0.717) is 55.1 Å². The third-order valence-corrected chi connectivity index (χ3v) is 13.7. The molecule has 0 saturated carbocycles. The molecule has 0 aliphatic carbocycles. The van der Waals surface area contributed by atoms with Crippen molar-refractivity contribution in [1.29, 1.82) is 0 Å². The quantitative estimate of drug-likeness (QED) is 0.143. The molecule has 1 N–H and O–H groups in total. The minimum absolute atomic E-state index is 0.00848. The molecule has 58 heavy (non-hydrogen) atoms. The van der Waals surface area contributed by atoms with Crippen LogP contribution in [-0.4, -0.2) is 75.2 Å². The Kier molecular flexibility index (Phi) is 12.3. The zero-order valence-electron chi connectivity index (χ0n) is 34.3. The number of amides is 1. The van der Waals surface area contributed by atoms with Crippen LogP contribution in [0.3, 0.4) is 0 Å². The van der Waals surface area contributed by atoms with Crippen molar-refractivity contribution in [3.63, 3.8) is 0 Å². The zero-order chi connectivity index (χ0) is 40.3. The monoisotopic (exact) mass is 808 g/mol. The van der Waals surface area contributed by atoms with E-state index in [1.165, 1.54) is 16.7 Å². The molecule has 6 atom stereocenters. The normalized spacial score (nSPS) is 24.1. The maximum atomic E-state index is 15.1. The number of ether oxygens (including phenoxy) is 6. The van der Waals surface area contributed by atoms with Gasteiger partial charge in [-0.25, -0.2) is 0 Å². The summed E-state index contributed by atoms with van der Waals surface area (Å²) in [5, 5.41) is 13.7. The molecular weight excluding hydrogens is 753 g/mol. The summed E-state index contributed by atoms with van der Waals surface area (Å²) in [5.41, 5.74) is 7.90. The van der Waals surface area contributed by atoms with Crippen LogP contribution in [0, 0.1) is 11.8 Å². The average molecular weight is 809 g/mol. The predicted molar refractivity (Wildman–Crippen MR) is 224 cm³/mol. The number of rotatable bonds is 13. The number of hydrogen-bond donors (Lipinski definition) is 1. The van der Waals surface area contributed by atoms with E-state index in [2.05, 4.69) is 57.8 Å². The third kappa shape index (κ3) is 8.06. The molecule has 10 nitrogen and oxygen atoms in total. The fourth-order valence-electron chi connectivity index (χ4n) is 9.77. The molecule has 1 fully saturated rings. The summed E-state index contributed by atoms with van der Waals surface area (Å²) >= 11 is 1.65. The molecule has 0 bridgehead atoms. The molecule has 308 valence electrons. The van der Waals surface area contributed by atoms with Gasteiger partial charge in [-0.15, -0.1) is 0 Å². The first-order chi connectivity index (χ1) is 28.3. The highest BCUT2D eigenvalue weighted by atomic mass is 32.1. The summed E-state index contributed by atoms with van der Waals surface area (Å²) in [6.07, 6.45) is 6.52. The standard InChI is InChI=1S/C47H56N2O8S/c1-6-31-25-48-14-11-32-19-41(52-2)43(54-4)23-37(32)39(48)17-35(31)18-40-38-24-44(55-5)42(53-3)20-33(38)12-15-49(40)47(51)45-21-36(34-13-16-58-28-34)22-46(57-45)56-27-30-9-7-29(26-50)8-10-30/h7-10,13,16,19-21,23-24,28,31,35-36,39-40,46,50H,6,11-12,14-15,17-18,22,25-27H2,1-5H3/t31-,35+,36-,39-,40+,46+/m0/s1. The molecule has 5 heterocycles. The van der Waals surface area contributed by atoms with Gasteiger partial charge in [-0.1, -0.05) is 37.6 Å². The van der Waals surface area contributed by atoms with E-state index in [1.54, 1.807) is 39.8 Å². The summed E-state index contributed by atoms with van der Waals surface area (Å²) < 4.78 is 36.0. The van der Waals surface area contributed by atoms with Crippen molar-refractivity contribution in [2.45, 2.75) is 83.0 Å². The number of benzene rings is 3. The number of aliphatic hydroxyl groups is 1. The molecule has 1 amide bonds. The maximum Gasteiger partial charge on any atom is 0.289 e. The van der Waals surface area contributed by atoms with Gasteiger partial charge < -0.3 is 38.4 Å². The molecule has 1 saturated heterocycles. The predicted octanol–water partition coefficient (Wildman–Crippen LogP) is 8.37. The van der Waals surface area contributed by atoms with Gasteiger partial charge in [0.15, 0.2) is 28.8 Å². The molecule has 0 spiro atoms. The second-order valence-electron chi connectivity index (χ2n) is 16.0. The molecule has 0 unspecified atom stereocenters. The van der Waals surface area contributed by atoms with Crippen LogP contribution in [0.2, 0.25) is 0 Å². The summed E-state index contributed by atoms with van der Waals surface area (Å²) in [5.74, 6) is 3.90. The van der Waals surface area contributed by atoms with Crippen molar-refractivity contribution in [2.24, 2.45) is 11.8 Å². The van der Waals surface area contributed by atoms with Gasteiger partial charge in [0.2, 0.25) is 6.29 Å². The Morgan fingerprint density at radius 2 is 1.48 bits per heavy atom. The van der Waals surface area contributed by atoms with Crippen LogP contribution in [0.1, 0.15) is 89.6 Å². The average Bonchev–Trinajstić information content (AvgIpc) is 3.82. The van der Waals surface area contributed by atoms with Gasteiger partial charge in [0.25, 0.3) is 5.91 Å². The lowest BCUT2D eigenvalue weighted by atomic mass is 9.72.